The maximum Gasteiger partial charge on any atom is 0.303 e. The fourth-order valence-corrected chi connectivity index (χ4v) is 4.22. The second-order valence-electron chi connectivity index (χ2n) is 8.43. The van der Waals surface area contributed by atoms with Crippen molar-refractivity contribution in [2.45, 2.75) is 58.4 Å². The molecule has 2 fully saturated rings. The van der Waals surface area contributed by atoms with Crippen LogP contribution in [0.25, 0.3) is 5.76 Å². The lowest BCUT2D eigenvalue weighted by atomic mass is 9.98. The number of carbonyl (C=O) groups is 4. The summed E-state index contributed by atoms with van der Waals surface area (Å²) < 4.78 is 44.0. The number of methoxy groups -OCH3 is 1. The molecule has 3 rings (SSSR count). The van der Waals surface area contributed by atoms with Crippen molar-refractivity contribution in [1.29, 1.82) is 0 Å². The normalized spacial score (nSPS) is 24.4. The first-order valence-electron chi connectivity index (χ1n) is 11.6. The predicted molar refractivity (Wildman–Crippen MR) is 129 cm³/mol. The predicted octanol–water partition coefficient (Wildman–Crippen LogP) is 2.19. The van der Waals surface area contributed by atoms with Gasteiger partial charge in [-0.15, -0.1) is 0 Å². The third-order valence-corrected chi connectivity index (χ3v) is 5.87. The summed E-state index contributed by atoms with van der Waals surface area (Å²) in [5.41, 5.74) is 1.43. The summed E-state index contributed by atoms with van der Waals surface area (Å²) in [4.78, 5) is 47.4. The lowest BCUT2D eigenvalue weighted by Gasteiger charge is -2.44. The summed E-state index contributed by atoms with van der Waals surface area (Å²) >= 11 is 6.67. The van der Waals surface area contributed by atoms with E-state index in [2.05, 4.69) is 0 Å². The molecular formula is C25H29ClO12. The van der Waals surface area contributed by atoms with Crippen LogP contribution in [0.2, 0.25) is 5.02 Å². The lowest BCUT2D eigenvalue weighted by Crippen LogP contribution is -2.63. The highest BCUT2D eigenvalue weighted by atomic mass is 35.5. The monoisotopic (exact) mass is 556 g/mol. The van der Waals surface area contributed by atoms with Gasteiger partial charge < -0.3 is 37.9 Å². The van der Waals surface area contributed by atoms with Gasteiger partial charge in [-0.05, 0) is 12.1 Å². The molecule has 12 nitrogen and oxygen atoms in total. The van der Waals surface area contributed by atoms with E-state index in [0.717, 1.165) is 26.3 Å². The zero-order valence-corrected chi connectivity index (χ0v) is 22.3. The smallest absolute Gasteiger partial charge is 0.303 e. The Bertz CT molecular complexity index is 1090. The Morgan fingerprint density at radius 3 is 2.03 bits per heavy atom. The highest BCUT2D eigenvalue weighted by molar-refractivity contribution is 6.33. The number of rotatable bonds is 9. The molecule has 0 amide bonds. The Morgan fingerprint density at radius 2 is 1.50 bits per heavy atom. The molecule has 0 aromatic heterocycles. The molecule has 2 aliphatic rings. The van der Waals surface area contributed by atoms with Crippen LogP contribution in [0, 0.1) is 0 Å². The van der Waals surface area contributed by atoms with Crippen molar-refractivity contribution in [3.63, 3.8) is 0 Å². The molecule has 0 radical (unpaired) electrons. The molecular weight excluding hydrogens is 528 g/mol. The van der Waals surface area contributed by atoms with Crippen LogP contribution in [0.15, 0.2) is 23.8 Å². The van der Waals surface area contributed by atoms with E-state index in [1.807, 2.05) is 0 Å². The van der Waals surface area contributed by atoms with Gasteiger partial charge >= 0.3 is 23.9 Å². The lowest BCUT2D eigenvalue weighted by molar-refractivity contribution is -0.288. The van der Waals surface area contributed by atoms with E-state index in [1.54, 1.807) is 18.2 Å². The first-order valence-corrected chi connectivity index (χ1v) is 12.0. The van der Waals surface area contributed by atoms with Gasteiger partial charge in [-0.25, -0.2) is 0 Å². The van der Waals surface area contributed by atoms with Gasteiger partial charge in [0.1, 0.15) is 24.2 Å². The quantitative estimate of drug-likeness (QED) is 0.250. The fraction of sp³-hybridized carbons (Fsp3) is 0.520. The minimum Gasteiger partial charge on any atom is -0.496 e. The molecule has 0 spiro atoms. The van der Waals surface area contributed by atoms with Gasteiger partial charge in [0.25, 0.3) is 0 Å². The number of hydrogen-bond donors (Lipinski definition) is 0. The van der Waals surface area contributed by atoms with Crippen LogP contribution >= 0.6 is 11.6 Å². The minimum absolute atomic E-state index is 0.125. The zero-order chi connectivity index (χ0) is 28.0. The van der Waals surface area contributed by atoms with E-state index < -0.39 is 54.6 Å². The average molecular weight is 557 g/mol. The number of benzene rings is 1. The summed E-state index contributed by atoms with van der Waals surface area (Å²) in [6, 6.07) is 4.95. The Kier molecular flexibility index (Phi) is 9.95. The first kappa shape index (κ1) is 29.2. The number of ether oxygens (including phenoxy) is 8. The minimum atomic E-state index is -1.42. The zero-order valence-electron chi connectivity index (χ0n) is 21.5. The summed E-state index contributed by atoms with van der Waals surface area (Å²) in [5, 5.41) is 0.164. The van der Waals surface area contributed by atoms with Crippen LogP contribution in [0.3, 0.4) is 0 Å². The maximum atomic E-state index is 12.0. The van der Waals surface area contributed by atoms with Crippen molar-refractivity contribution >= 4 is 41.2 Å². The third-order valence-electron chi connectivity index (χ3n) is 5.48. The molecule has 2 aliphatic heterocycles. The van der Waals surface area contributed by atoms with Crippen molar-refractivity contribution in [3.8, 4) is 5.75 Å². The van der Waals surface area contributed by atoms with Gasteiger partial charge in [-0.1, -0.05) is 17.7 Å². The number of carbonyl (C=O) groups excluding carboxylic acids is 4. The molecule has 2 saturated heterocycles. The third kappa shape index (κ3) is 7.15. The van der Waals surface area contributed by atoms with Gasteiger partial charge in [0.15, 0.2) is 12.2 Å². The van der Waals surface area contributed by atoms with Gasteiger partial charge in [0.05, 0.1) is 25.3 Å². The molecule has 0 aliphatic carbocycles. The summed E-state index contributed by atoms with van der Waals surface area (Å²) in [5.74, 6) is -2.22. The van der Waals surface area contributed by atoms with Gasteiger partial charge in [0, 0.05) is 38.8 Å². The van der Waals surface area contributed by atoms with Crippen molar-refractivity contribution in [1.82, 2.24) is 0 Å². The Balaban J connectivity index is 2.02. The van der Waals surface area contributed by atoms with Crippen LogP contribution in [-0.4, -0.2) is 81.5 Å². The van der Waals surface area contributed by atoms with Crippen molar-refractivity contribution in [3.05, 3.63) is 34.4 Å². The molecule has 38 heavy (non-hydrogen) atoms. The maximum absolute atomic E-state index is 12.0. The van der Waals surface area contributed by atoms with Crippen LogP contribution in [-0.2, 0) is 52.3 Å². The van der Waals surface area contributed by atoms with E-state index in [-0.39, 0.29) is 17.4 Å². The number of esters is 4. The molecule has 5 unspecified atom stereocenters. The van der Waals surface area contributed by atoms with Crippen molar-refractivity contribution in [2.75, 3.05) is 26.9 Å². The van der Waals surface area contributed by atoms with Crippen LogP contribution in [0.5, 0.6) is 5.75 Å². The van der Waals surface area contributed by atoms with Crippen LogP contribution < -0.4 is 4.74 Å². The Labute approximate surface area is 224 Å². The standard InChI is InChI=1S/C25H29ClO12/c1-12(27)33-11-19-22(34-13(2)28)23(35-14(3)29)24(36-15(4)30)25(38-19)37-18-8-6-7-17(20(18)26)21(31-5)16-9-32-10-16/h6-8,19,22-25H,9-11H2,1-5H3. The number of hydrogen-bond acceptors (Lipinski definition) is 12. The molecule has 1 aromatic carbocycles. The van der Waals surface area contributed by atoms with E-state index in [0.29, 0.717) is 24.5 Å². The molecule has 5 atom stereocenters. The average Bonchev–Trinajstić information content (AvgIpc) is 2.79. The van der Waals surface area contributed by atoms with Crippen molar-refractivity contribution in [2.24, 2.45) is 0 Å². The van der Waals surface area contributed by atoms with Crippen LogP contribution in [0.1, 0.15) is 33.3 Å². The van der Waals surface area contributed by atoms with E-state index >= 15 is 0 Å². The largest absolute Gasteiger partial charge is 0.496 e. The molecule has 0 N–H and O–H groups in total. The highest BCUT2D eigenvalue weighted by Crippen LogP contribution is 2.38. The first-order chi connectivity index (χ1) is 18.0. The van der Waals surface area contributed by atoms with Crippen LogP contribution in [0.4, 0.5) is 0 Å². The highest BCUT2D eigenvalue weighted by Gasteiger charge is 2.53. The summed E-state index contributed by atoms with van der Waals surface area (Å²) in [6.45, 7) is 4.99. The van der Waals surface area contributed by atoms with E-state index in [1.165, 1.54) is 14.0 Å². The van der Waals surface area contributed by atoms with Gasteiger partial charge in [0.2, 0.25) is 12.4 Å². The van der Waals surface area contributed by atoms with Gasteiger partial charge in [-0.3, -0.25) is 19.2 Å². The molecule has 0 saturated carbocycles. The topological polar surface area (TPSA) is 142 Å². The Morgan fingerprint density at radius 1 is 0.895 bits per heavy atom. The molecule has 208 valence electrons. The fourth-order valence-electron chi connectivity index (χ4n) is 3.97. The molecule has 0 bridgehead atoms. The SMILES string of the molecule is COC(=C1COC1)c1cccc(OC2OC(COC(C)=O)C(OC(C)=O)C(OC(C)=O)C2OC(C)=O)c1Cl. The Hall–Kier alpha value is -3.35. The second kappa shape index (κ2) is 12.9. The summed E-state index contributed by atoms with van der Waals surface area (Å²) in [6.07, 6.45) is -6.64. The van der Waals surface area contributed by atoms with E-state index in [4.69, 9.17) is 49.5 Å². The molecule has 13 heteroatoms. The molecule has 1 aromatic rings. The van der Waals surface area contributed by atoms with Gasteiger partial charge in [-0.2, -0.15) is 0 Å². The molecule has 2 heterocycles. The van der Waals surface area contributed by atoms with Crippen molar-refractivity contribution < 1.29 is 57.1 Å². The number of halogens is 1. The second-order valence-corrected chi connectivity index (χ2v) is 8.81. The summed E-state index contributed by atoms with van der Waals surface area (Å²) in [7, 11) is 1.50. The van der Waals surface area contributed by atoms with E-state index in [9.17, 15) is 19.2 Å².